The van der Waals surface area contributed by atoms with Crippen molar-refractivity contribution in [2.24, 2.45) is 5.92 Å². The fourth-order valence-corrected chi connectivity index (χ4v) is 2.75. The Morgan fingerprint density at radius 2 is 2.20 bits per heavy atom. The van der Waals surface area contributed by atoms with E-state index in [9.17, 15) is 9.18 Å². The number of halogens is 1. The van der Waals surface area contributed by atoms with E-state index in [0.717, 1.165) is 16.9 Å². The summed E-state index contributed by atoms with van der Waals surface area (Å²) in [5.41, 5.74) is 0.864. The molecular formula is C16H18FNOS. The van der Waals surface area contributed by atoms with Crippen LogP contribution in [0, 0.1) is 11.7 Å². The number of carbonyl (C=O) groups is 1. The highest BCUT2D eigenvalue weighted by Crippen LogP contribution is 2.14. The fraction of sp³-hybridized carbons (Fsp3) is 0.312. The van der Waals surface area contributed by atoms with Gasteiger partial charge >= 0.3 is 0 Å². The molecule has 2 rings (SSSR count). The number of hydrogen-bond acceptors (Lipinski definition) is 2. The predicted molar refractivity (Wildman–Crippen MR) is 80.1 cm³/mol. The van der Waals surface area contributed by atoms with Gasteiger partial charge in [0.2, 0.25) is 5.91 Å². The van der Waals surface area contributed by atoms with Gasteiger partial charge in [0, 0.05) is 10.8 Å². The second-order valence-corrected chi connectivity index (χ2v) is 5.77. The zero-order chi connectivity index (χ0) is 14.4. The van der Waals surface area contributed by atoms with Gasteiger partial charge in [-0.05, 0) is 42.0 Å². The minimum atomic E-state index is -0.253. The lowest BCUT2D eigenvalue weighted by molar-refractivity contribution is -0.125. The van der Waals surface area contributed by atoms with E-state index in [4.69, 9.17) is 0 Å². The average Bonchev–Trinajstić information content (AvgIpc) is 2.95. The Labute approximate surface area is 122 Å². The molecule has 0 fully saturated rings. The van der Waals surface area contributed by atoms with E-state index in [-0.39, 0.29) is 17.6 Å². The second kappa shape index (κ2) is 7.20. The Morgan fingerprint density at radius 1 is 1.35 bits per heavy atom. The van der Waals surface area contributed by atoms with Crippen LogP contribution in [0.3, 0.4) is 0 Å². The maximum absolute atomic E-state index is 13.2. The molecule has 1 aromatic carbocycles. The molecule has 4 heteroatoms. The van der Waals surface area contributed by atoms with Crippen molar-refractivity contribution in [2.45, 2.75) is 26.3 Å². The van der Waals surface area contributed by atoms with Gasteiger partial charge in [0.1, 0.15) is 5.82 Å². The first-order chi connectivity index (χ1) is 9.69. The van der Waals surface area contributed by atoms with Crippen molar-refractivity contribution in [3.8, 4) is 0 Å². The molecule has 1 amide bonds. The zero-order valence-electron chi connectivity index (χ0n) is 11.4. The molecule has 1 aromatic heterocycles. The van der Waals surface area contributed by atoms with Crippen molar-refractivity contribution in [1.82, 2.24) is 5.32 Å². The molecule has 0 spiro atoms. The number of carbonyl (C=O) groups excluding carboxylic acids is 1. The molecule has 1 heterocycles. The van der Waals surface area contributed by atoms with E-state index in [1.807, 2.05) is 30.5 Å². The topological polar surface area (TPSA) is 29.1 Å². The number of nitrogens with one attached hydrogen (secondary N) is 1. The van der Waals surface area contributed by atoms with Gasteiger partial charge in [-0.15, -0.1) is 11.3 Å². The number of amides is 1. The maximum atomic E-state index is 13.2. The second-order valence-electron chi connectivity index (χ2n) is 4.74. The quantitative estimate of drug-likeness (QED) is 0.862. The molecule has 1 N–H and O–H groups in total. The van der Waals surface area contributed by atoms with E-state index >= 15 is 0 Å². The van der Waals surface area contributed by atoms with Crippen molar-refractivity contribution >= 4 is 17.2 Å². The van der Waals surface area contributed by atoms with Gasteiger partial charge in [0.15, 0.2) is 0 Å². The lowest BCUT2D eigenvalue weighted by atomic mass is 9.96. The molecule has 0 aliphatic rings. The zero-order valence-corrected chi connectivity index (χ0v) is 12.3. The van der Waals surface area contributed by atoms with Crippen LogP contribution in [-0.4, -0.2) is 5.91 Å². The van der Waals surface area contributed by atoms with Crippen LogP contribution >= 0.6 is 11.3 Å². The number of rotatable bonds is 6. The number of thiophene rings is 1. The highest BCUT2D eigenvalue weighted by molar-refractivity contribution is 7.09. The SMILES string of the molecule is CCC(Cc1cccc(F)c1)C(=O)NCc1cccs1. The number of benzene rings is 1. The first-order valence-corrected chi connectivity index (χ1v) is 7.61. The Hall–Kier alpha value is -1.68. The van der Waals surface area contributed by atoms with Crippen molar-refractivity contribution in [3.63, 3.8) is 0 Å². The van der Waals surface area contributed by atoms with Crippen LogP contribution in [0.15, 0.2) is 41.8 Å². The Bertz CT molecular complexity index is 553. The van der Waals surface area contributed by atoms with Crippen LogP contribution in [0.2, 0.25) is 0 Å². The van der Waals surface area contributed by atoms with Crippen LogP contribution < -0.4 is 5.32 Å². The lowest BCUT2D eigenvalue weighted by Gasteiger charge is -2.14. The maximum Gasteiger partial charge on any atom is 0.223 e. The largest absolute Gasteiger partial charge is 0.351 e. The molecule has 0 bridgehead atoms. The molecule has 0 saturated heterocycles. The molecule has 1 atom stereocenters. The standard InChI is InChI=1S/C16H18FNOS/c1-2-13(9-12-5-3-6-14(17)10-12)16(19)18-11-15-7-4-8-20-15/h3-8,10,13H,2,9,11H2,1H3,(H,18,19). The molecule has 2 aromatic rings. The third kappa shape index (κ3) is 4.17. The van der Waals surface area contributed by atoms with Crippen LogP contribution in [0.5, 0.6) is 0 Å². The molecular weight excluding hydrogens is 273 g/mol. The first kappa shape index (κ1) is 14.7. The molecule has 2 nitrogen and oxygen atoms in total. The number of hydrogen-bond donors (Lipinski definition) is 1. The van der Waals surface area contributed by atoms with Crippen LogP contribution in [-0.2, 0) is 17.8 Å². The van der Waals surface area contributed by atoms with Gasteiger partial charge in [-0.3, -0.25) is 4.79 Å². The van der Waals surface area contributed by atoms with E-state index in [2.05, 4.69) is 5.32 Å². The normalized spacial score (nSPS) is 12.1. The fourth-order valence-electron chi connectivity index (χ4n) is 2.10. The van der Waals surface area contributed by atoms with E-state index in [1.165, 1.54) is 12.1 Å². The van der Waals surface area contributed by atoms with Gasteiger partial charge < -0.3 is 5.32 Å². The summed E-state index contributed by atoms with van der Waals surface area (Å²) >= 11 is 1.63. The summed E-state index contributed by atoms with van der Waals surface area (Å²) in [4.78, 5) is 13.3. The molecule has 0 saturated carbocycles. The van der Waals surface area contributed by atoms with Gasteiger partial charge in [-0.2, -0.15) is 0 Å². The van der Waals surface area contributed by atoms with E-state index in [1.54, 1.807) is 17.4 Å². The summed E-state index contributed by atoms with van der Waals surface area (Å²) in [6, 6.07) is 10.4. The summed E-state index contributed by atoms with van der Waals surface area (Å²) in [5, 5.41) is 4.94. The van der Waals surface area contributed by atoms with Gasteiger partial charge in [-0.1, -0.05) is 25.1 Å². The van der Waals surface area contributed by atoms with Gasteiger partial charge in [-0.25, -0.2) is 4.39 Å². The molecule has 0 radical (unpaired) electrons. The Kier molecular flexibility index (Phi) is 5.30. The van der Waals surface area contributed by atoms with Crippen molar-refractivity contribution < 1.29 is 9.18 Å². The minimum absolute atomic E-state index is 0.0326. The van der Waals surface area contributed by atoms with Crippen molar-refractivity contribution in [3.05, 3.63) is 58.0 Å². The Balaban J connectivity index is 1.92. The first-order valence-electron chi connectivity index (χ1n) is 6.73. The average molecular weight is 291 g/mol. The van der Waals surface area contributed by atoms with E-state index in [0.29, 0.717) is 13.0 Å². The van der Waals surface area contributed by atoms with Crippen molar-refractivity contribution in [1.29, 1.82) is 0 Å². The summed E-state index contributed by atoms with van der Waals surface area (Å²) in [6.45, 7) is 2.55. The predicted octanol–water partition coefficient (Wildman–Crippen LogP) is 3.77. The third-order valence-corrected chi connectivity index (χ3v) is 4.13. The lowest BCUT2D eigenvalue weighted by Crippen LogP contribution is -2.31. The third-order valence-electron chi connectivity index (χ3n) is 3.25. The highest BCUT2D eigenvalue weighted by Gasteiger charge is 2.17. The van der Waals surface area contributed by atoms with Gasteiger partial charge in [0.25, 0.3) is 0 Å². The van der Waals surface area contributed by atoms with E-state index < -0.39 is 0 Å². The minimum Gasteiger partial charge on any atom is -0.351 e. The van der Waals surface area contributed by atoms with Crippen LogP contribution in [0.1, 0.15) is 23.8 Å². The summed E-state index contributed by atoms with van der Waals surface area (Å²) in [7, 11) is 0. The monoisotopic (exact) mass is 291 g/mol. The molecule has 106 valence electrons. The molecule has 0 aliphatic carbocycles. The highest BCUT2D eigenvalue weighted by atomic mass is 32.1. The van der Waals surface area contributed by atoms with Crippen LogP contribution in [0.4, 0.5) is 4.39 Å². The van der Waals surface area contributed by atoms with Crippen LogP contribution in [0.25, 0.3) is 0 Å². The molecule has 0 aliphatic heterocycles. The van der Waals surface area contributed by atoms with Crippen molar-refractivity contribution in [2.75, 3.05) is 0 Å². The summed E-state index contributed by atoms with van der Waals surface area (Å²) < 4.78 is 13.2. The smallest absolute Gasteiger partial charge is 0.223 e. The Morgan fingerprint density at radius 3 is 2.85 bits per heavy atom. The molecule has 1 unspecified atom stereocenters. The summed E-state index contributed by atoms with van der Waals surface area (Å²) in [5.74, 6) is -0.335. The summed E-state index contributed by atoms with van der Waals surface area (Å²) in [6.07, 6.45) is 1.32. The molecule has 20 heavy (non-hydrogen) atoms. The van der Waals surface area contributed by atoms with Gasteiger partial charge in [0.05, 0.1) is 6.54 Å².